The summed E-state index contributed by atoms with van der Waals surface area (Å²) in [6.45, 7) is 4.76. The molecule has 0 aliphatic carbocycles. The molecule has 1 amide bonds. The summed E-state index contributed by atoms with van der Waals surface area (Å²) >= 11 is 0. The molecule has 0 aromatic carbocycles. The second kappa shape index (κ2) is 28.4. The first-order chi connectivity index (χ1) is 19.4. The quantitative estimate of drug-likeness (QED) is 0.0507. The Balaban J connectivity index is 3.99. The van der Waals surface area contributed by atoms with E-state index < -0.39 is 12.0 Å². The molecular formula is C33H60N2O5. The molecule has 0 aliphatic heterocycles. The number of hydrogen-bond acceptors (Lipinski definition) is 5. The lowest BCUT2D eigenvalue weighted by molar-refractivity contribution is -0.150. The molecule has 0 spiro atoms. The Morgan fingerprint density at radius 2 is 1.32 bits per heavy atom. The molecule has 0 fully saturated rings. The molecule has 0 saturated carbocycles. The highest BCUT2D eigenvalue weighted by Gasteiger charge is 2.19. The minimum absolute atomic E-state index is 0.0535. The van der Waals surface area contributed by atoms with E-state index in [0.717, 1.165) is 70.6 Å². The first-order valence-corrected chi connectivity index (χ1v) is 16.2. The van der Waals surface area contributed by atoms with Crippen molar-refractivity contribution in [2.75, 3.05) is 6.54 Å². The Morgan fingerprint density at radius 3 is 2.00 bits per heavy atom. The van der Waals surface area contributed by atoms with Gasteiger partial charge in [0.2, 0.25) is 5.91 Å². The van der Waals surface area contributed by atoms with E-state index in [1.54, 1.807) is 0 Å². The number of carbonyl (C=O) groups is 3. The fourth-order valence-corrected chi connectivity index (χ4v) is 4.51. The number of aliphatic carboxylic acids is 1. The number of hydrogen-bond donors (Lipinski definition) is 3. The average Bonchev–Trinajstić information content (AvgIpc) is 2.93. The normalized spacial score (nSPS) is 13.1. The molecule has 0 heterocycles. The lowest BCUT2D eigenvalue weighted by Crippen LogP contribution is -2.40. The molecule has 7 nitrogen and oxygen atoms in total. The van der Waals surface area contributed by atoms with E-state index in [2.05, 4.69) is 43.5 Å². The number of rotatable bonds is 28. The smallest absolute Gasteiger partial charge is 0.326 e. The third kappa shape index (κ3) is 24.9. The van der Waals surface area contributed by atoms with E-state index in [4.69, 9.17) is 10.5 Å². The summed E-state index contributed by atoms with van der Waals surface area (Å²) in [7, 11) is 0. The highest BCUT2D eigenvalue weighted by Crippen LogP contribution is 2.16. The number of ether oxygens (including phenoxy) is 1. The number of carboxylic acids is 1. The van der Waals surface area contributed by atoms with Crippen LogP contribution in [0, 0.1) is 0 Å². The minimum Gasteiger partial charge on any atom is -0.480 e. The average molecular weight is 565 g/mol. The van der Waals surface area contributed by atoms with Gasteiger partial charge in [-0.2, -0.15) is 0 Å². The van der Waals surface area contributed by atoms with E-state index in [1.807, 2.05) is 0 Å². The van der Waals surface area contributed by atoms with Gasteiger partial charge >= 0.3 is 11.9 Å². The Kier molecular flexibility index (Phi) is 26.9. The van der Waals surface area contributed by atoms with Crippen molar-refractivity contribution in [2.24, 2.45) is 5.73 Å². The fourth-order valence-electron chi connectivity index (χ4n) is 4.51. The summed E-state index contributed by atoms with van der Waals surface area (Å²) < 4.78 is 5.80. The van der Waals surface area contributed by atoms with Crippen molar-refractivity contribution in [1.82, 2.24) is 5.32 Å². The van der Waals surface area contributed by atoms with Gasteiger partial charge in [-0.05, 0) is 77.2 Å². The van der Waals surface area contributed by atoms with Gasteiger partial charge in [-0.25, -0.2) is 4.79 Å². The number of amides is 1. The van der Waals surface area contributed by atoms with Crippen molar-refractivity contribution < 1.29 is 24.2 Å². The standard InChI is InChI=1S/C33H60N2O5/c1-3-5-7-8-9-10-11-12-13-14-15-16-17-21-27-32(37)40-29(23-6-4-2)24-19-18-20-26-31(36)35-30(33(38)39)25-22-28-34/h8-9,11-12,29-30H,3-7,10,13-28,34H2,1-2H3,(H,35,36)(H,38,39)/b9-8-,12-11-. The number of esters is 1. The van der Waals surface area contributed by atoms with Crippen LogP contribution in [0.25, 0.3) is 0 Å². The molecule has 0 aliphatic rings. The number of allylic oxidation sites excluding steroid dienone is 4. The van der Waals surface area contributed by atoms with Crippen LogP contribution in [0.4, 0.5) is 0 Å². The van der Waals surface area contributed by atoms with Gasteiger partial charge in [0.15, 0.2) is 0 Å². The van der Waals surface area contributed by atoms with Gasteiger partial charge in [-0.15, -0.1) is 0 Å². The maximum Gasteiger partial charge on any atom is 0.326 e. The SMILES string of the molecule is CCCC/C=C\C/C=C\CCCCCCCC(=O)OC(CCCC)CCCCCC(=O)NC(CCCN)C(=O)O. The number of unbranched alkanes of at least 4 members (excludes halogenated alkanes) is 10. The van der Waals surface area contributed by atoms with Crippen LogP contribution >= 0.6 is 0 Å². The molecule has 2 atom stereocenters. The van der Waals surface area contributed by atoms with Crippen LogP contribution in [0.15, 0.2) is 24.3 Å². The van der Waals surface area contributed by atoms with Crippen molar-refractivity contribution in [3.63, 3.8) is 0 Å². The van der Waals surface area contributed by atoms with Crippen LogP contribution in [0.3, 0.4) is 0 Å². The second-order valence-corrected chi connectivity index (χ2v) is 10.9. The van der Waals surface area contributed by atoms with E-state index in [-0.39, 0.29) is 18.0 Å². The molecule has 7 heteroatoms. The largest absolute Gasteiger partial charge is 0.480 e. The zero-order valence-corrected chi connectivity index (χ0v) is 25.7. The first-order valence-electron chi connectivity index (χ1n) is 16.2. The van der Waals surface area contributed by atoms with E-state index >= 15 is 0 Å². The van der Waals surface area contributed by atoms with E-state index in [1.165, 1.54) is 32.1 Å². The van der Waals surface area contributed by atoms with Crippen molar-refractivity contribution in [3.05, 3.63) is 24.3 Å². The molecule has 0 aromatic rings. The number of nitrogens with two attached hydrogens (primary N) is 1. The fraction of sp³-hybridized carbons (Fsp3) is 0.788. The maximum atomic E-state index is 12.4. The third-order valence-electron chi connectivity index (χ3n) is 7.02. The van der Waals surface area contributed by atoms with Crippen LogP contribution in [-0.4, -0.2) is 41.6 Å². The molecule has 0 saturated heterocycles. The second-order valence-electron chi connectivity index (χ2n) is 10.9. The van der Waals surface area contributed by atoms with Crippen molar-refractivity contribution in [2.45, 2.75) is 161 Å². The van der Waals surface area contributed by atoms with Gasteiger partial charge in [-0.1, -0.05) is 89.5 Å². The topological polar surface area (TPSA) is 119 Å². The molecule has 0 radical (unpaired) electrons. The Bertz CT molecular complexity index is 692. The predicted molar refractivity (Wildman–Crippen MR) is 165 cm³/mol. The number of nitrogens with one attached hydrogen (secondary N) is 1. The van der Waals surface area contributed by atoms with Crippen molar-refractivity contribution >= 4 is 17.8 Å². The lowest BCUT2D eigenvalue weighted by Gasteiger charge is -2.18. The predicted octanol–water partition coefficient (Wildman–Crippen LogP) is 7.77. The van der Waals surface area contributed by atoms with Crippen LogP contribution in [0.2, 0.25) is 0 Å². The summed E-state index contributed by atoms with van der Waals surface area (Å²) in [5.74, 6) is -1.35. The summed E-state index contributed by atoms with van der Waals surface area (Å²) in [5, 5.41) is 11.8. The molecule has 0 aromatic heterocycles. The molecule has 0 rings (SSSR count). The van der Waals surface area contributed by atoms with Gasteiger partial charge in [0.25, 0.3) is 0 Å². The lowest BCUT2D eigenvalue weighted by atomic mass is 10.0. The van der Waals surface area contributed by atoms with E-state index in [0.29, 0.717) is 38.6 Å². The Hall–Kier alpha value is -2.15. The molecule has 0 bridgehead atoms. The van der Waals surface area contributed by atoms with Crippen LogP contribution < -0.4 is 11.1 Å². The highest BCUT2D eigenvalue weighted by molar-refractivity contribution is 5.83. The van der Waals surface area contributed by atoms with Crippen LogP contribution in [-0.2, 0) is 19.1 Å². The summed E-state index contributed by atoms with van der Waals surface area (Å²) in [6.07, 6.45) is 28.3. The molecule has 232 valence electrons. The monoisotopic (exact) mass is 564 g/mol. The van der Waals surface area contributed by atoms with Gasteiger partial charge in [-0.3, -0.25) is 9.59 Å². The van der Waals surface area contributed by atoms with Gasteiger partial charge in [0, 0.05) is 12.8 Å². The Labute approximate surface area is 244 Å². The highest BCUT2D eigenvalue weighted by atomic mass is 16.5. The number of carbonyl (C=O) groups excluding carboxylic acids is 2. The van der Waals surface area contributed by atoms with Crippen molar-refractivity contribution in [1.29, 1.82) is 0 Å². The molecule has 2 unspecified atom stereocenters. The first kappa shape index (κ1) is 37.9. The summed E-state index contributed by atoms with van der Waals surface area (Å²) in [4.78, 5) is 35.8. The summed E-state index contributed by atoms with van der Waals surface area (Å²) in [6, 6.07) is -0.872. The molecule has 4 N–H and O–H groups in total. The van der Waals surface area contributed by atoms with Crippen LogP contribution in [0.5, 0.6) is 0 Å². The van der Waals surface area contributed by atoms with Crippen molar-refractivity contribution in [3.8, 4) is 0 Å². The van der Waals surface area contributed by atoms with Gasteiger partial charge in [0.1, 0.15) is 12.1 Å². The van der Waals surface area contributed by atoms with E-state index in [9.17, 15) is 19.5 Å². The summed E-state index contributed by atoms with van der Waals surface area (Å²) in [5.41, 5.74) is 5.44. The minimum atomic E-state index is -1.02. The van der Waals surface area contributed by atoms with Gasteiger partial charge in [0.05, 0.1) is 0 Å². The number of carboxylic acid groups (broad SMARTS) is 1. The zero-order valence-electron chi connectivity index (χ0n) is 25.7. The molecule has 40 heavy (non-hydrogen) atoms. The van der Waals surface area contributed by atoms with Gasteiger partial charge < -0.3 is 20.9 Å². The Morgan fingerprint density at radius 1 is 0.725 bits per heavy atom. The third-order valence-corrected chi connectivity index (χ3v) is 7.02. The molecular weight excluding hydrogens is 504 g/mol. The van der Waals surface area contributed by atoms with Crippen LogP contribution in [0.1, 0.15) is 149 Å². The maximum absolute atomic E-state index is 12.4. The zero-order chi connectivity index (χ0) is 29.7.